The molecule has 0 radical (unpaired) electrons. The second kappa shape index (κ2) is 8.27. The molecule has 0 bridgehead atoms. The molecular formula is C9H18N2O. The first kappa shape index (κ1) is 11.2. The Morgan fingerprint density at radius 1 is 1.25 bits per heavy atom. The second-order valence-corrected chi connectivity index (χ2v) is 2.17. The lowest BCUT2D eigenvalue weighted by Gasteiger charge is -1.87. The molecule has 0 aromatic carbocycles. The lowest BCUT2D eigenvalue weighted by molar-refractivity contribution is 0.162. The molecule has 0 saturated heterocycles. The van der Waals surface area contributed by atoms with Gasteiger partial charge in [-0.25, -0.2) is 4.98 Å². The zero-order chi connectivity index (χ0) is 9.23. The molecule has 70 valence electrons. The van der Waals surface area contributed by atoms with Crippen molar-refractivity contribution >= 4 is 0 Å². The van der Waals surface area contributed by atoms with Crippen molar-refractivity contribution < 1.29 is 4.74 Å². The van der Waals surface area contributed by atoms with Crippen LogP contribution < -0.4 is 0 Å². The number of nitrogens with zero attached hydrogens (tertiary/aromatic N) is 2. The first-order chi connectivity index (χ1) is 5.85. The van der Waals surface area contributed by atoms with E-state index in [4.69, 9.17) is 4.74 Å². The average Bonchev–Trinajstić information content (AvgIpc) is 2.58. The Hall–Kier alpha value is -0.830. The molecule has 0 amide bonds. The van der Waals surface area contributed by atoms with E-state index in [-0.39, 0.29) is 0 Å². The summed E-state index contributed by atoms with van der Waals surface area (Å²) in [6.45, 7) is 8.77. The summed E-state index contributed by atoms with van der Waals surface area (Å²) < 4.78 is 6.85. The highest BCUT2D eigenvalue weighted by Crippen LogP contribution is 1.81. The van der Waals surface area contributed by atoms with Gasteiger partial charge in [0.1, 0.15) is 0 Å². The van der Waals surface area contributed by atoms with Crippen LogP contribution in [0.4, 0.5) is 0 Å². The number of hydrogen-bond acceptors (Lipinski definition) is 2. The summed E-state index contributed by atoms with van der Waals surface area (Å²) in [4.78, 5) is 3.86. The van der Waals surface area contributed by atoms with Crippen LogP contribution in [0, 0.1) is 0 Å². The maximum atomic E-state index is 4.83. The van der Waals surface area contributed by atoms with Crippen LogP contribution in [0.3, 0.4) is 0 Å². The van der Waals surface area contributed by atoms with Crippen molar-refractivity contribution in [3.05, 3.63) is 18.7 Å². The molecule has 12 heavy (non-hydrogen) atoms. The lowest BCUT2D eigenvalue weighted by Crippen LogP contribution is -1.85. The average molecular weight is 170 g/mol. The molecule has 1 rings (SSSR count). The van der Waals surface area contributed by atoms with Gasteiger partial charge in [-0.1, -0.05) is 0 Å². The van der Waals surface area contributed by atoms with Crippen molar-refractivity contribution in [2.75, 3.05) is 13.2 Å². The van der Waals surface area contributed by atoms with Crippen LogP contribution in [0.2, 0.25) is 0 Å². The number of aromatic nitrogens is 2. The smallest absolute Gasteiger partial charge is 0.0945 e. The summed E-state index contributed by atoms with van der Waals surface area (Å²) >= 11 is 0. The van der Waals surface area contributed by atoms with E-state index in [0.717, 1.165) is 19.8 Å². The zero-order valence-electron chi connectivity index (χ0n) is 8.16. The van der Waals surface area contributed by atoms with Crippen molar-refractivity contribution in [1.29, 1.82) is 0 Å². The highest BCUT2D eigenvalue weighted by Gasteiger charge is 1.77. The molecule has 0 spiro atoms. The SMILES string of the molecule is CCOCC.CCn1ccnc1. The Kier molecular flexibility index (Phi) is 7.70. The summed E-state index contributed by atoms with van der Waals surface area (Å²) in [5, 5.41) is 0. The first-order valence-electron chi connectivity index (χ1n) is 4.38. The fourth-order valence-corrected chi connectivity index (χ4v) is 0.678. The minimum Gasteiger partial charge on any atom is -0.382 e. The monoisotopic (exact) mass is 170 g/mol. The molecule has 0 aliphatic carbocycles. The number of imidazole rings is 1. The van der Waals surface area contributed by atoms with Gasteiger partial charge in [-0.2, -0.15) is 0 Å². The number of hydrogen-bond donors (Lipinski definition) is 0. The quantitative estimate of drug-likeness (QED) is 0.693. The third kappa shape index (κ3) is 5.92. The third-order valence-corrected chi connectivity index (χ3v) is 1.33. The summed E-state index contributed by atoms with van der Waals surface area (Å²) in [5.74, 6) is 0. The highest BCUT2D eigenvalue weighted by atomic mass is 16.5. The van der Waals surface area contributed by atoms with Crippen LogP contribution in [-0.4, -0.2) is 22.8 Å². The summed E-state index contributed by atoms with van der Waals surface area (Å²) in [5.41, 5.74) is 0. The molecule has 0 aliphatic rings. The van der Waals surface area contributed by atoms with Gasteiger partial charge in [0.25, 0.3) is 0 Å². The van der Waals surface area contributed by atoms with Gasteiger partial charge in [0.2, 0.25) is 0 Å². The van der Waals surface area contributed by atoms with Gasteiger partial charge >= 0.3 is 0 Å². The van der Waals surface area contributed by atoms with E-state index < -0.39 is 0 Å². The van der Waals surface area contributed by atoms with E-state index in [1.165, 1.54) is 0 Å². The first-order valence-corrected chi connectivity index (χ1v) is 4.38. The Balaban J connectivity index is 0.000000217. The Morgan fingerprint density at radius 2 is 1.92 bits per heavy atom. The fraction of sp³-hybridized carbons (Fsp3) is 0.667. The van der Waals surface area contributed by atoms with Crippen molar-refractivity contribution in [3.8, 4) is 0 Å². The van der Waals surface area contributed by atoms with E-state index in [0.29, 0.717) is 0 Å². The molecule has 1 aromatic heterocycles. The molecule has 0 N–H and O–H groups in total. The predicted molar refractivity (Wildman–Crippen MR) is 50.1 cm³/mol. The molecule has 3 nitrogen and oxygen atoms in total. The van der Waals surface area contributed by atoms with Crippen molar-refractivity contribution in [2.45, 2.75) is 27.3 Å². The van der Waals surface area contributed by atoms with E-state index in [2.05, 4.69) is 11.9 Å². The lowest BCUT2D eigenvalue weighted by atomic mass is 10.7. The van der Waals surface area contributed by atoms with E-state index in [1.54, 1.807) is 12.5 Å². The Labute approximate surface area is 74.4 Å². The second-order valence-electron chi connectivity index (χ2n) is 2.17. The largest absolute Gasteiger partial charge is 0.382 e. The summed E-state index contributed by atoms with van der Waals surface area (Å²) in [6.07, 6.45) is 5.53. The molecule has 0 atom stereocenters. The normalized spacial score (nSPS) is 8.92. The van der Waals surface area contributed by atoms with Crippen LogP contribution in [0.15, 0.2) is 18.7 Å². The molecule has 0 saturated carbocycles. The van der Waals surface area contributed by atoms with Crippen LogP contribution >= 0.6 is 0 Å². The van der Waals surface area contributed by atoms with Crippen molar-refractivity contribution in [3.63, 3.8) is 0 Å². The van der Waals surface area contributed by atoms with Gasteiger partial charge in [-0.05, 0) is 20.8 Å². The third-order valence-electron chi connectivity index (χ3n) is 1.33. The Morgan fingerprint density at radius 3 is 2.08 bits per heavy atom. The number of ether oxygens (including phenoxy) is 1. The van der Waals surface area contributed by atoms with Crippen molar-refractivity contribution in [1.82, 2.24) is 9.55 Å². The Bertz CT molecular complexity index is 159. The molecular weight excluding hydrogens is 152 g/mol. The predicted octanol–water partition coefficient (Wildman–Crippen LogP) is 1.95. The van der Waals surface area contributed by atoms with Crippen LogP contribution in [-0.2, 0) is 11.3 Å². The summed E-state index contributed by atoms with van der Waals surface area (Å²) in [6, 6.07) is 0. The molecule has 1 heterocycles. The van der Waals surface area contributed by atoms with Gasteiger partial charge in [-0.3, -0.25) is 0 Å². The van der Waals surface area contributed by atoms with Crippen LogP contribution in [0.25, 0.3) is 0 Å². The molecule has 3 heteroatoms. The fourth-order valence-electron chi connectivity index (χ4n) is 0.678. The van der Waals surface area contributed by atoms with Gasteiger partial charge in [0.05, 0.1) is 6.33 Å². The standard InChI is InChI=1S/C5H8N2.C4H10O/c1-2-7-4-3-6-5-7;1-3-5-4-2/h3-5H,2H2,1H3;3-4H2,1-2H3. The van der Waals surface area contributed by atoms with E-state index in [1.807, 2.05) is 24.6 Å². The zero-order valence-corrected chi connectivity index (χ0v) is 8.16. The molecule has 1 aromatic rings. The van der Waals surface area contributed by atoms with Gasteiger partial charge < -0.3 is 9.30 Å². The summed E-state index contributed by atoms with van der Waals surface area (Å²) in [7, 11) is 0. The molecule has 0 fully saturated rings. The minimum absolute atomic E-state index is 0.844. The maximum Gasteiger partial charge on any atom is 0.0945 e. The van der Waals surface area contributed by atoms with Crippen molar-refractivity contribution in [2.24, 2.45) is 0 Å². The topological polar surface area (TPSA) is 27.1 Å². The van der Waals surface area contributed by atoms with Crippen LogP contribution in [0.1, 0.15) is 20.8 Å². The molecule has 0 unspecified atom stereocenters. The van der Waals surface area contributed by atoms with Gasteiger partial charge in [-0.15, -0.1) is 0 Å². The highest BCUT2D eigenvalue weighted by molar-refractivity contribution is 4.72. The number of aryl methyl sites for hydroxylation is 1. The number of rotatable bonds is 3. The van der Waals surface area contributed by atoms with Gasteiger partial charge in [0.15, 0.2) is 0 Å². The maximum absolute atomic E-state index is 4.83. The van der Waals surface area contributed by atoms with Crippen LogP contribution in [0.5, 0.6) is 0 Å². The van der Waals surface area contributed by atoms with E-state index in [9.17, 15) is 0 Å². The van der Waals surface area contributed by atoms with E-state index >= 15 is 0 Å². The minimum atomic E-state index is 0.844. The molecule has 0 aliphatic heterocycles. The van der Waals surface area contributed by atoms with Gasteiger partial charge in [0, 0.05) is 32.2 Å².